The van der Waals surface area contributed by atoms with E-state index in [-0.39, 0.29) is 0 Å². The van der Waals surface area contributed by atoms with Gasteiger partial charge >= 0.3 is 0 Å². The van der Waals surface area contributed by atoms with Crippen molar-refractivity contribution in [3.05, 3.63) is 0 Å². The molecule has 3 N–H and O–H groups in total. The topological polar surface area (TPSA) is 56.7 Å². The van der Waals surface area contributed by atoms with Gasteiger partial charge in [-0.05, 0) is 38.0 Å². The molecule has 0 aliphatic heterocycles. The summed E-state index contributed by atoms with van der Waals surface area (Å²) < 4.78 is 0. The van der Waals surface area contributed by atoms with Crippen LogP contribution in [0.1, 0.15) is 32.1 Å². The van der Waals surface area contributed by atoms with E-state index in [2.05, 4.69) is 15.6 Å². The number of guanidine groups is 1. The molecule has 0 aromatic heterocycles. The molecule has 0 bridgehead atoms. The third-order valence-electron chi connectivity index (χ3n) is 3.35. The van der Waals surface area contributed by atoms with Crippen molar-refractivity contribution in [1.82, 2.24) is 10.6 Å². The minimum atomic E-state index is -0.475. The molecule has 0 amide bonds. The second kappa shape index (κ2) is 4.39. The largest absolute Gasteiger partial charge is 0.388 e. The van der Waals surface area contributed by atoms with Crippen LogP contribution in [0.2, 0.25) is 0 Å². The van der Waals surface area contributed by atoms with Crippen molar-refractivity contribution >= 4 is 5.96 Å². The Morgan fingerprint density at radius 2 is 2.13 bits per heavy atom. The molecule has 0 radical (unpaired) electrons. The molecule has 4 heteroatoms. The molecule has 0 heterocycles. The van der Waals surface area contributed by atoms with E-state index < -0.39 is 5.60 Å². The molecule has 0 aromatic rings. The Kier molecular flexibility index (Phi) is 3.14. The quantitative estimate of drug-likeness (QED) is 0.468. The average molecular weight is 211 g/mol. The fourth-order valence-corrected chi connectivity index (χ4v) is 1.79. The zero-order chi connectivity index (χ0) is 10.7. The van der Waals surface area contributed by atoms with Crippen molar-refractivity contribution in [3.63, 3.8) is 0 Å². The first kappa shape index (κ1) is 10.7. The number of hydrogen-bond donors (Lipinski definition) is 3. The molecule has 2 saturated carbocycles. The predicted molar refractivity (Wildman–Crippen MR) is 60.9 cm³/mol. The van der Waals surface area contributed by atoms with Gasteiger partial charge in [-0.2, -0.15) is 0 Å². The third-order valence-corrected chi connectivity index (χ3v) is 3.35. The first-order valence-electron chi connectivity index (χ1n) is 5.89. The van der Waals surface area contributed by atoms with E-state index in [4.69, 9.17) is 0 Å². The number of rotatable bonds is 4. The molecule has 15 heavy (non-hydrogen) atoms. The fraction of sp³-hybridized carbons (Fsp3) is 0.909. The van der Waals surface area contributed by atoms with Gasteiger partial charge in [0.2, 0.25) is 0 Å². The predicted octanol–water partition coefficient (Wildman–Crippen LogP) is 0.476. The molecule has 0 saturated heterocycles. The van der Waals surface area contributed by atoms with Crippen LogP contribution in [0, 0.1) is 5.92 Å². The molecule has 0 unspecified atom stereocenters. The molecule has 86 valence electrons. The van der Waals surface area contributed by atoms with Gasteiger partial charge < -0.3 is 15.7 Å². The maximum Gasteiger partial charge on any atom is 0.191 e. The summed E-state index contributed by atoms with van der Waals surface area (Å²) in [7, 11) is 1.77. The normalized spacial score (nSPS) is 24.5. The maximum absolute atomic E-state index is 9.90. The van der Waals surface area contributed by atoms with Gasteiger partial charge in [0.05, 0.1) is 5.60 Å². The highest BCUT2D eigenvalue weighted by Crippen LogP contribution is 2.30. The molecular formula is C11H21N3O. The summed E-state index contributed by atoms with van der Waals surface area (Å²) in [5, 5.41) is 16.4. The van der Waals surface area contributed by atoms with Crippen LogP contribution >= 0.6 is 0 Å². The molecule has 2 aliphatic carbocycles. The molecule has 2 rings (SSSR count). The van der Waals surface area contributed by atoms with E-state index in [1.807, 2.05) is 0 Å². The highest BCUT2D eigenvalue weighted by Gasteiger charge is 2.34. The Hall–Kier alpha value is -0.770. The Morgan fingerprint density at radius 3 is 2.60 bits per heavy atom. The van der Waals surface area contributed by atoms with Gasteiger partial charge in [0.15, 0.2) is 5.96 Å². The second-order valence-electron chi connectivity index (χ2n) is 4.83. The summed E-state index contributed by atoms with van der Waals surface area (Å²) in [5.41, 5.74) is -0.475. The van der Waals surface area contributed by atoms with Crippen LogP contribution in [0.3, 0.4) is 0 Å². The number of aliphatic imine (C=N–C) groups is 1. The zero-order valence-corrected chi connectivity index (χ0v) is 9.42. The van der Waals surface area contributed by atoms with Crippen molar-refractivity contribution in [1.29, 1.82) is 0 Å². The minimum Gasteiger partial charge on any atom is -0.388 e. The van der Waals surface area contributed by atoms with Gasteiger partial charge in [-0.3, -0.25) is 4.99 Å². The Bertz CT molecular complexity index is 244. The van der Waals surface area contributed by atoms with Crippen molar-refractivity contribution in [3.8, 4) is 0 Å². The molecule has 0 spiro atoms. The van der Waals surface area contributed by atoms with Gasteiger partial charge in [0.25, 0.3) is 0 Å². The van der Waals surface area contributed by atoms with Crippen LogP contribution < -0.4 is 10.6 Å². The van der Waals surface area contributed by atoms with Crippen molar-refractivity contribution in [2.45, 2.75) is 37.7 Å². The summed E-state index contributed by atoms with van der Waals surface area (Å²) in [6, 6.07) is 0. The minimum absolute atomic E-state index is 0.475. The molecule has 4 nitrogen and oxygen atoms in total. The molecular weight excluding hydrogens is 190 g/mol. The number of aliphatic hydroxyl groups is 1. The molecule has 0 aromatic carbocycles. The summed E-state index contributed by atoms with van der Waals surface area (Å²) in [6.07, 6.45) is 5.66. The van der Waals surface area contributed by atoms with Crippen molar-refractivity contribution in [2.24, 2.45) is 10.9 Å². The van der Waals surface area contributed by atoms with Gasteiger partial charge in [-0.25, -0.2) is 0 Å². The summed E-state index contributed by atoms with van der Waals surface area (Å²) >= 11 is 0. The summed E-state index contributed by atoms with van der Waals surface area (Å²) in [4.78, 5) is 4.13. The van der Waals surface area contributed by atoms with Gasteiger partial charge in [-0.15, -0.1) is 0 Å². The number of nitrogens with zero attached hydrogens (tertiary/aromatic N) is 1. The SMILES string of the molecule is CN=C(NCC1CC1)NCC1(O)CCC1. The standard InChI is InChI=1S/C11H21N3O/c1-12-10(13-7-9-3-4-9)14-8-11(15)5-2-6-11/h9,15H,2-8H2,1H3,(H2,12,13,14). The third kappa shape index (κ3) is 3.09. The monoisotopic (exact) mass is 211 g/mol. The van der Waals surface area contributed by atoms with E-state index in [9.17, 15) is 5.11 Å². The van der Waals surface area contributed by atoms with Crippen LogP contribution in [0.5, 0.6) is 0 Å². The Morgan fingerprint density at radius 1 is 1.40 bits per heavy atom. The van der Waals surface area contributed by atoms with E-state index in [0.717, 1.165) is 37.7 Å². The molecule has 2 aliphatic rings. The highest BCUT2D eigenvalue weighted by atomic mass is 16.3. The lowest BCUT2D eigenvalue weighted by Gasteiger charge is -2.36. The lowest BCUT2D eigenvalue weighted by Crippen LogP contribution is -2.50. The smallest absolute Gasteiger partial charge is 0.191 e. The number of hydrogen-bond acceptors (Lipinski definition) is 2. The Balaban J connectivity index is 1.65. The van der Waals surface area contributed by atoms with E-state index in [1.54, 1.807) is 7.05 Å². The highest BCUT2D eigenvalue weighted by molar-refractivity contribution is 5.79. The summed E-state index contributed by atoms with van der Waals surface area (Å²) in [6.45, 7) is 1.63. The van der Waals surface area contributed by atoms with Crippen LogP contribution in [-0.4, -0.2) is 36.8 Å². The van der Waals surface area contributed by atoms with Crippen LogP contribution in [0.25, 0.3) is 0 Å². The maximum atomic E-state index is 9.90. The first-order valence-corrected chi connectivity index (χ1v) is 5.89. The van der Waals surface area contributed by atoms with Crippen molar-refractivity contribution in [2.75, 3.05) is 20.1 Å². The van der Waals surface area contributed by atoms with Crippen LogP contribution in [-0.2, 0) is 0 Å². The lowest BCUT2D eigenvalue weighted by molar-refractivity contribution is -0.0279. The van der Waals surface area contributed by atoms with Gasteiger partial charge in [0, 0.05) is 20.1 Å². The van der Waals surface area contributed by atoms with Crippen LogP contribution in [0.15, 0.2) is 4.99 Å². The molecule has 2 fully saturated rings. The van der Waals surface area contributed by atoms with Crippen LogP contribution in [0.4, 0.5) is 0 Å². The van der Waals surface area contributed by atoms with Gasteiger partial charge in [-0.1, -0.05) is 0 Å². The van der Waals surface area contributed by atoms with E-state index in [1.165, 1.54) is 12.8 Å². The van der Waals surface area contributed by atoms with E-state index >= 15 is 0 Å². The summed E-state index contributed by atoms with van der Waals surface area (Å²) in [5.74, 6) is 1.66. The second-order valence-corrected chi connectivity index (χ2v) is 4.83. The van der Waals surface area contributed by atoms with Crippen molar-refractivity contribution < 1.29 is 5.11 Å². The number of nitrogens with one attached hydrogen (secondary N) is 2. The lowest BCUT2D eigenvalue weighted by atomic mass is 9.80. The fourth-order valence-electron chi connectivity index (χ4n) is 1.79. The molecule has 0 atom stereocenters. The zero-order valence-electron chi connectivity index (χ0n) is 9.42. The van der Waals surface area contributed by atoms with E-state index in [0.29, 0.717) is 6.54 Å². The average Bonchev–Trinajstić information content (AvgIpc) is 2.99. The van der Waals surface area contributed by atoms with Gasteiger partial charge in [0.1, 0.15) is 0 Å². The Labute approximate surface area is 91.2 Å². The first-order chi connectivity index (χ1) is 7.22.